The molecule has 0 radical (unpaired) electrons. The van der Waals surface area contributed by atoms with Gasteiger partial charge in [0.25, 0.3) is 11.8 Å². The second-order valence-electron chi connectivity index (χ2n) is 7.02. The van der Waals surface area contributed by atoms with Crippen LogP contribution in [-0.2, 0) is 9.53 Å². The Morgan fingerprint density at radius 3 is 2.39 bits per heavy atom. The number of anilines is 2. The van der Waals surface area contributed by atoms with E-state index in [2.05, 4.69) is 10.6 Å². The van der Waals surface area contributed by atoms with E-state index in [1.54, 1.807) is 32.0 Å². The average molecular weight is 471 g/mol. The SMILES string of the molecule is CCOC(=O)c1c(NC(=O)COc2ccccc2C)sc(C(=O)Nc2ccccc2F)c1C. The van der Waals surface area contributed by atoms with E-state index in [1.165, 1.54) is 18.2 Å². The number of benzene rings is 2. The summed E-state index contributed by atoms with van der Waals surface area (Å²) in [6.45, 7) is 4.91. The Balaban J connectivity index is 1.83. The number of hydrogen-bond acceptors (Lipinski definition) is 6. The molecule has 0 fully saturated rings. The second-order valence-corrected chi connectivity index (χ2v) is 8.04. The van der Waals surface area contributed by atoms with Gasteiger partial charge >= 0.3 is 5.97 Å². The predicted octanol–water partition coefficient (Wildman–Crippen LogP) is 4.95. The van der Waals surface area contributed by atoms with Gasteiger partial charge < -0.3 is 20.1 Å². The molecule has 0 aliphatic carbocycles. The standard InChI is InChI=1S/C24H23FN2O5S/c1-4-31-24(30)20-15(3)21(22(29)26-17-11-7-6-10-16(17)25)33-23(20)27-19(28)13-32-18-12-8-5-9-14(18)2/h5-12H,4,13H2,1-3H3,(H,26,29)(H,27,28). The smallest absolute Gasteiger partial charge is 0.341 e. The molecule has 2 aromatic carbocycles. The summed E-state index contributed by atoms with van der Waals surface area (Å²) >= 11 is 0.904. The van der Waals surface area contributed by atoms with Crippen LogP contribution in [0.2, 0.25) is 0 Å². The predicted molar refractivity (Wildman–Crippen MR) is 125 cm³/mol. The highest BCUT2D eigenvalue weighted by molar-refractivity contribution is 7.19. The Hall–Kier alpha value is -3.72. The Kier molecular flexibility index (Phi) is 7.78. The van der Waals surface area contributed by atoms with Gasteiger partial charge in [0.2, 0.25) is 0 Å². The van der Waals surface area contributed by atoms with Crippen LogP contribution in [0.4, 0.5) is 15.1 Å². The average Bonchev–Trinajstić information content (AvgIpc) is 3.10. The number of thiophene rings is 1. The van der Waals surface area contributed by atoms with Crippen LogP contribution in [-0.4, -0.2) is 31.0 Å². The summed E-state index contributed by atoms with van der Waals surface area (Å²) in [5.74, 6) is -1.82. The molecule has 0 unspecified atom stereocenters. The van der Waals surface area contributed by atoms with Crippen LogP contribution in [0.3, 0.4) is 0 Å². The van der Waals surface area contributed by atoms with Gasteiger partial charge in [0.15, 0.2) is 6.61 Å². The first kappa shape index (κ1) is 23.9. The third-order valence-electron chi connectivity index (χ3n) is 4.66. The molecule has 9 heteroatoms. The van der Waals surface area contributed by atoms with Crippen molar-refractivity contribution in [3.8, 4) is 5.75 Å². The quantitative estimate of drug-likeness (QED) is 0.455. The molecule has 2 amide bonds. The van der Waals surface area contributed by atoms with Gasteiger partial charge in [0.05, 0.1) is 22.7 Å². The van der Waals surface area contributed by atoms with Gasteiger partial charge in [0.1, 0.15) is 16.6 Å². The first-order chi connectivity index (χ1) is 15.8. The second kappa shape index (κ2) is 10.7. The summed E-state index contributed by atoms with van der Waals surface area (Å²) in [5.41, 5.74) is 1.27. The molecule has 1 heterocycles. The van der Waals surface area contributed by atoms with Gasteiger partial charge in [-0.15, -0.1) is 11.3 Å². The van der Waals surface area contributed by atoms with Crippen LogP contribution in [0.25, 0.3) is 0 Å². The highest BCUT2D eigenvalue weighted by Gasteiger charge is 2.27. The first-order valence-electron chi connectivity index (χ1n) is 10.2. The molecule has 3 rings (SSSR count). The van der Waals surface area contributed by atoms with Crippen LogP contribution in [0.1, 0.15) is 38.1 Å². The van der Waals surface area contributed by atoms with Crippen molar-refractivity contribution in [3.63, 3.8) is 0 Å². The summed E-state index contributed by atoms with van der Waals surface area (Å²) < 4.78 is 24.6. The lowest BCUT2D eigenvalue weighted by Crippen LogP contribution is -2.21. The van der Waals surface area contributed by atoms with E-state index in [0.29, 0.717) is 11.3 Å². The fourth-order valence-corrected chi connectivity index (χ4v) is 4.14. The number of esters is 1. The molecule has 172 valence electrons. The third-order valence-corrected chi connectivity index (χ3v) is 5.87. The molecule has 3 aromatic rings. The zero-order chi connectivity index (χ0) is 24.0. The third kappa shape index (κ3) is 5.75. The Bertz CT molecular complexity index is 1190. The van der Waals surface area contributed by atoms with Crippen LogP contribution in [0.15, 0.2) is 48.5 Å². The van der Waals surface area contributed by atoms with Gasteiger partial charge in [-0.2, -0.15) is 0 Å². The van der Waals surface area contributed by atoms with Crippen molar-refractivity contribution in [3.05, 3.63) is 75.9 Å². The van der Waals surface area contributed by atoms with Crippen LogP contribution in [0.5, 0.6) is 5.75 Å². The first-order valence-corrected chi connectivity index (χ1v) is 11.0. The minimum atomic E-state index is -0.675. The lowest BCUT2D eigenvalue weighted by atomic mass is 10.1. The minimum Gasteiger partial charge on any atom is -0.483 e. The van der Waals surface area contributed by atoms with Gasteiger partial charge in [0, 0.05) is 0 Å². The molecule has 0 bridgehead atoms. The van der Waals surface area contributed by atoms with Crippen LogP contribution < -0.4 is 15.4 Å². The number of aryl methyl sites for hydroxylation is 1. The van der Waals surface area contributed by atoms with E-state index in [0.717, 1.165) is 16.9 Å². The molecule has 1 aromatic heterocycles. The number of hydrogen-bond donors (Lipinski definition) is 2. The van der Waals surface area contributed by atoms with E-state index >= 15 is 0 Å². The lowest BCUT2D eigenvalue weighted by molar-refractivity contribution is -0.118. The van der Waals surface area contributed by atoms with Crippen LogP contribution >= 0.6 is 11.3 Å². The van der Waals surface area contributed by atoms with E-state index in [-0.39, 0.29) is 34.3 Å². The van der Waals surface area contributed by atoms with Crippen molar-refractivity contribution >= 4 is 39.8 Å². The van der Waals surface area contributed by atoms with Crippen molar-refractivity contribution in [1.29, 1.82) is 0 Å². The molecule has 0 aliphatic heterocycles. The van der Waals surface area contributed by atoms with Crippen molar-refractivity contribution in [2.24, 2.45) is 0 Å². The Morgan fingerprint density at radius 2 is 1.70 bits per heavy atom. The summed E-state index contributed by atoms with van der Waals surface area (Å²) in [4.78, 5) is 38.0. The minimum absolute atomic E-state index is 0.00482. The van der Waals surface area contributed by atoms with Crippen LogP contribution in [0, 0.1) is 19.7 Å². The zero-order valence-corrected chi connectivity index (χ0v) is 19.2. The van der Waals surface area contributed by atoms with Gasteiger partial charge in [-0.05, 0) is 50.1 Å². The maximum atomic E-state index is 13.9. The van der Waals surface area contributed by atoms with E-state index in [9.17, 15) is 18.8 Å². The number of ether oxygens (including phenoxy) is 2. The number of carbonyl (C=O) groups excluding carboxylic acids is 3. The lowest BCUT2D eigenvalue weighted by Gasteiger charge is -2.10. The number of halogens is 1. The molecular weight excluding hydrogens is 447 g/mol. The summed E-state index contributed by atoms with van der Waals surface area (Å²) in [7, 11) is 0. The van der Waals surface area contributed by atoms with Crippen molar-refractivity contribution in [2.45, 2.75) is 20.8 Å². The highest BCUT2D eigenvalue weighted by atomic mass is 32.1. The summed E-state index contributed by atoms with van der Waals surface area (Å²) in [6, 6.07) is 13.0. The number of amides is 2. The molecule has 2 N–H and O–H groups in total. The Morgan fingerprint density at radius 1 is 1.00 bits per heavy atom. The fourth-order valence-electron chi connectivity index (χ4n) is 3.03. The summed E-state index contributed by atoms with van der Waals surface area (Å²) in [5, 5.41) is 5.28. The largest absolute Gasteiger partial charge is 0.483 e. The molecule has 0 saturated heterocycles. The van der Waals surface area contributed by atoms with Gasteiger partial charge in [-0.3, -0.25) is 9.59 Å². The maximum Gasteiger partial charge on any atom is 0.341 e. The van der Waals surface area contributed by atoms with Gasteiger partial charge in [-0.1, -0.05) is 30.3 Å². The number of rotatable bonds is 8. The van der Waals surface area contributed by atoms with Crippen molar-refractivity contribution < 1.29 is 28.2 Å². The topological polar surface area (TPSA) is 93.7 Å². The number of para-hydroxylation sites is 2. The highest BCUT2D eigenvalue weighted by Crippen LogP contribution is 2.34. The molecule has 7 nitrogen and oxygen atoms in total. The normalized spacial score (nSPS) is 10.4. The Labute approximate surface area is 194 Å². The van der Waals surface area contributed by atoms with Gasteiger partial charge in [-0.25, -0.2) is 9.18 Å². The molecular formula is C24H23FN2O5S. The van der Waals surface area contributed by atoms with Crippen molar-refractivity contribution in [2.75, 3.05) is 23.8 Å². The van der Waals surface area contributed by atoms with Crippen molar-refractivity contribution in [1.82, 2.24) is 0 Å². The molecule has 0 saturated carbocycles. The van der Waals surface area contributed by atoms with E-state index in [1.807, 2.05) is 19.1 Å². The maximum absolute atomic E-state index is 13.9. The summed E-state index contributed by atoms with van der Waals surface area (Å²) in [6.07, 6.45) is 0. The van der Waals surface area contributed by atoms with E-state index in [4.69, 9.17) is 9.47 Å². The number of carbonyl (C=O) groups is 3. The molecule has 0 aliphatic rings. The zero-order valence-electron chi connectivity index (χ0n) is 18.4. The molecule has 0 atom stereocenters. The molecule has 0 spiro atoms. The monoisotopic (exact) mass is 470 g/mol. The van der Waals surface area contributed by atoms with E-state index < -0.39 is 23.6 Å². The fraction of sp³-hybridized carbons (Fsp3) is 0.208. The molecule has 33 heavy (non-hydrogen) atoms. The number of nitrogens with one attached hydrogen (secondary N) is 2.